The van der Waals surface area contributed by atoms with Gasteiger partial charge in [0.1, 0.15) is 30.5 Å². The molecule has 2 saturated heterocycles. The van der Waals surface area contributed by atoms with Gasteiger partial charge in [0, 0.05) is 0 Å². The Bertz CT molecular complexity index is 828. The maximum absolute atomic E-state index is 11.6. The molecule has 1 unspecified atom stereocenters. The molecule has 1 aromatic rings. The van der Waals surface area contributed by atoms with Gasteiger partial charge in [-0.05, 0) is 31.5 Å². The maximum atomic E-state index is 11.6. The van der Waals surface area contributed by atoms with Gasteiger partial charge in [0.05, 0.1) is 6.61 Å². The van der Waals surface area contributed by atoms with Crippen molar-refractivity contribution in [3.63, 3.8) is 0 Å². The SMILES string of the molecule is CC1(C)OCC([C@@H]2[C@H](NC=O)C(=O)N2S(=O)(=O)O)O1.[NaH].c1cc2cc(c1)OC2. The van der Waals surface area contributed by atoms with Crippen molar-refractivity contribution < 1.29 is 36.8 Å². The van der Waals surface area contributed by atoms with Gasteiger partial charge >= 0.3 is 39.9 Å². The van der Waals surface area contributed by atoms with Crippen LogP contribution in [0.2, 0.25) is 0 Å². The average molecular weight is 424 g/mol. The van der Waals surface area contributed by atoms with Crippen LogP contribution in [0.4, 0.5) is 0 Å². The molecular formula is C16H21N2NaO8S. The summed E-state index contributed by atoms with van der Waals surface area (Å²) in [4.78, 5) is 22.0. The van der Waals surface area contributed by atoms with E-state index in [0.717, 1.165) is 12.4 Å². The zero-order valence-corrected chi connectivity index (χ0v) is 15.5. The van der Waals surface area contributed by atoms with Gasteiger partial charge in [-0.3, -0.25) is 14.1 Å². The van der Waals surface area contributed by atoms with Crippen LogP contribution < -0.4 is 10.1 Å². The largest absolute Gasteiger partial charge is 0.489 e. The number of hydrogen-bond acceptors (Lipinski definition) is 7. The number of β-lactam (4-membered cyclic amide) rings is 1. The first-order chi connectivity index (χ1) is 12.6. The average Bonchev–Trinajstić information content (AvgIpc) is 3.10. The van der Waals surface area contributed by atoms with Crippen molar-refractivity contribution in [2.45, 2.75) is 44.4 Å². The minimum Gasteiger partial charge on any atom is -0.489 e. The van der Waals surface area contributed by atoms with Gasteiger partial charge in [-0.25, -0.2) is 4.31 Å². The Morgan fingerprint density at radius 2 is 2.07 bits per heavy atom. The van der Waals surface area contributed by atoms with E-state index in [1.54, 1.807) is 13.8 Å². The van der Waals surface area contributed by atoms with Crippen molar-refractivity contribution in [1.82, 2.24) is 9.62 Å². The first-order valence-corrected chi connectivity index (χ1v) is 9.56. The molecule has 10 nitrogen and oxygen atoms in total. The molecular weight excluding hydrogens is 403 g/mol. The molecule has 2 fully saturated rings. The molecule has 1 aromatic carbocycles. The number of nitrogens with one attached hydrogen (secondary N) is 1. The quantitative estimate of drug-likeness (QED) is 0.278. The number of hydrogen-bond donors (Lipinski definition) is 2. The summed E-state index contributed by atoms with van der Waals surface area (Å²) in [6.07, 6.45) is -0.468. The molecule has 2 amide bonds. The Labute approximate surface area is 184 Å². The molecule has 28 heavy (non-hydrogen) atoms. The number of ether oxygens (including phenoxy) is 3. The molecule has 0 spiro atoms. The van der Waals surface area contributed by atoms with E-state index < -0.39 is 40.2 Å². The molecule has 0 aromatic heterocycles. The summed E-state index contributed by atoms with van der Waals surface area (Å²) in [5.74, 6) is -0.824. The molecule has 2 N–H and O–H groups in total. The molecule has 12 heteroatoms. The van der Waals surface area contributed by atoms with Gasteiger partial charge in [0.15, 0.2) is 5.79 Å². The van der Waals surface area contributed by atoms with Crippen LogP contribution in [-0.2, 0) is 36.0 Å². The van der Waals surface area contributed by atoms with Gasteiger partial charge in [0.2, 0.25) is 6.41 Å². The summed E-state index contributed by atoms with van der Waals surface area (Å²) in [5.41, 5.74) is 1.28. The van der Waals surface area contributed by atoms with E-state index in [1.807, 2.05) is 12.1 Å². The van der Waals surface area contributed by atoms with Crippen molar-refractivity contribution in [2.75, 3.05) is 6.61 Å². The van der Waals surface area contributed by atoms with E-state index in [9.17, 15) is 18.0 Å². The molecule has 0 aliphatic carbocycles. The van der Waals surface area contributed by atoms with E-state index in [2.05, 4.69) is 17.4 Å². The Kier molecular flexibility index (Phi) is 7.13. The number of benzene rings is 1. The fourth-order valence-corrected chi connectivity index (χ4v) is 4.04. The zero-order valence-electron chi connectivity index (χ0n) is 14.7. The van der Waals surface area contributed by atoms with Gasteiger partial charge < -0.3 is 19.5 Å². The summed E-state index contributed by atoms with van der Waals surface area (Å²) < 4.78 is 47.5. The second kappa shape index (κ2) is 8.66. The van der Waals surface area contributed by atoms with Crippen molar-refractivity contribution in [3.8, 4) is 5.75 Å². The second-order valence-electron chi connectivity index (χ2n) is 6.67. The molecule has 3 heterocycles. The van der Waals surface area contributed by atoms with E-state index in [4.69, 9.17) is 18.8 Å². The third-order valence-electron chi connectivity index (χ3n) is 4.31. The predicted molar refractivity (Wildman–Crippen MR) is 98.0 cm³/mol. The van der Waals surface area contributed by atoms with Crippen LogP contribution in [0.5, 0.6) is 5.75 Å². The van der Waals surface area contributed by atoms with Crippen LogP contribution in [-0.4, -0.2) is 89.7 Å². The van der Waals surface area contributed by atoms with Crippen molar-refractivity contribution in [1.29, 1.82) is 0 Å². The third-order valence-corrected chi connectivity index (χ3v) is 5.23. The third kappa shape index (κ3) is 4.85. The fourth-order valence-electron chi connectivity index (χ4n) is 3.14. The van der Waals surface area contributed by atoms with Crippen LogP contribution in [0, 0.1) is 0 Å². The van der Waals surface area contributed by atoms with Crippen LogP contribution in [0.3, 0.4) is 0 Å². The molecule has 4 rings (SSSR count). The first kappa shape index (κ1) is 23.1. The van der Waals surface area contributed by atoms with E-state index in [0.29, 0.717) is 4.31 Å². The molecule has 3 aliphatic rings. The molecule has 150 valence electrons. The van der Waals surface area contributed by atoms with Crippen molar-refractivity contribution in [2.24, 2.45) is 0 Å². The number of carbonyl (C=O) groups is 2. The monoisotopic (exact) mass is 424 g/mol. The second-order valence-corrected chi connectivity index (χ2v) is 7.96. The van der Waals surface area contributed by atoms with Crippen LogP contribution >= 0.6 is 0 Å². The molecule has 0 saturated carbocycles. The number of fused-ring (bicyclic) bond motifs is 2. The zero-order chi connectivity index (χ0) is 19.8. The number of amides is 2. The van der Waals surface area contributed by atoms with Crippen molar-refractivity contribution >= 4 is 52.2 Å². The molecule has 3 atom stereocenters. The van der Waals surface area contributed by atoms with Crippen LogP contribution in [0.15, 0.2) is 24.3 Å². The van der Waals surface area contributed by atoms with Gasteiger partial charge in [-0.2, -0.15) is 8.42 Å². The number of rotatable bonds is 4. The fraction of sp³-hybridized carbons (Fsp3) is 0.500. The maximum Gasteiger partial charge on any atom is 0.120 e. The normalized spacial score (nSPS) is 26.9. The Morgan fingerprint density at radius 3 is 2.57 bits per heavy atom. The van der Waals surface area contributed by atoms with Gasteiger partial charge in [0.25, 0.3) is 5.91 Å². The topological polar surface area (TPSA) is 131 Å². The molecule has 2 bridgehead atoms. The van der Waals surface area contributed by atoms with E-state index in [1.165, 1.54) is 5.56 Å². The number of carbonyl (C=O) groups excluding carboxylic acids is 2. The van der Waals surface area contributed by atoms with Gasteiger partial charge in [-0.1, -0.05) is 12.1 Å². The standard InChI is InChI=1S/C9H14N2O7S.C7H6O.Na.H/c1-9(2)17-3-5(18-9)7-6(10-4-12)8(13)11(7)19(14,15)16;1-2-6-4-7(3-1)8-5-6;;/h4-7H,3H2,1-2H3,(H,10,12)(H,14,15,16);1-4H,5H2;;/t5?,6-,7+;;;/m0.../s1. The number of nitrogens with zero attached hydrogens (tertiary/aromatic N) is 1. The summed E-state index contributed by atoms with van der Waals surface area (Å²) in [6, 6.07) is 6.03. The van der Waals surface area contributed by atoms with Crippen LogP contribution in [0.1, 0.15) is 19.4 Å². The van der Waals surface area contributed by atoms with Crippen LogP contribution in [0.25, 0.3) is 0 Å². The first-order valence-electron chi connectivity index (χ1n) is 8.16. The summed E-state index contributed by atoms with van der Waals surface area (Å²) in [6.45, 7) is 4.08. The van der Waals surface area contributed by atoms with E-state index in [-0.39, 0.29) is 42.6 Å². The van der Waals surface area contributed by atoms with Crippen molar-refractivity contribution in [3.05, 3.63) is 29.8 Å². The summed E-state index contributed by atoms with van der Waals surface area (Å²) in [7, 11) is -4.70. The van der Waals surface area contributed by atoms with Gasteiger partial charge in [-0.15, -0.1) is 0 Å². The predicted octanol–water partition coefficient (Wildman–Crippen LogP) is -0.803. The Hall–Kier alpha value is -1.21. The minimum atomic E-state index is -4.70. The summed E-state index contributed by atoms with van der Waals surface area (Å²) in [5, 5.41) is 2.21. The smallest absolute Gasteiger partial charge is 0.120 e. The Balaban J connectivity index is 0.000000258. The van der Waals surface area contributed by atoms with E-state index >= 15 is 0 Å². The minimum absolute atomic E-state index is 0. The molecule has 3 aliphatic heterocycles. The summed E-state index contributed by atoms with van der Waals surface area (Å²) >= 11 is 0. The Morgan fingerprint density at radius 1 is 1.36 bits per heavy atom. The molecule has 0 radical (unpaired) electrons.